The van der Waals surface area contributed by atoms with Gasteiger partial charge >= 0.3 is 5.97 Å². The molecular formula is C30H34F2N4O5. The van der Waals surface area contributed by atoms with Crippen molar-refractivity contribution in [3.05, 3.63) is 76.2 Å². The minimum Gasteiger partial charge on any atom is -0.481 e. The number of carboxylic acid groups (broad SMARTS) is 1. The molecule has 2 atom stereocenters. The Kier molecular flexibility index (Phi) is 10.1. The molecule has 218 valence electrons. The first-order valence-corrected chi connectivity index (χ1v) is 13.1. The predicted octanol–water partition coefficient (Wildman–Crippen LogP) is 4.83. The number of rotatable bonds is 11. The summed E-state index contributed by atoms with van der Waals surface area (Å²) in [5, 5.41) is 14.7. The van der Waals surface area contributed by atoms with E-state index in [9.17, 15) is 23.9 Å². The van der Waals surface area contributed by atoms with Gasteiger partial charge in [0, 0.05) is 11.8 Å². The number of carbonyl (C=O) groups excluding carboxylic acids is 2. The van der Waals surface area contributed by atoms with Crippen LogP contribution in [0, 0.1) is 38.3 Å². The van der Waals surface area contributed by atoms with E-state index < -0.39 is 47.9 Å². The maximum atomic E-state index is 15.2. The molecule has 41 heavy (non-hydrogen) atoms. The van der Waals surface area contributed by atoms with Gasteiger partial charge in [-0.05, 0) is 67.5 Å². The van der Waals surface area contributed by atoms with Crippen LogP contribution < -0.4 is 15.4 Å². The lowest BCUT2D eigenvalue weighted by Gasteiger charge is -2.25. The fourth-order valence-corrected chi connectivity index (χ4v) is 4.66. The van der Waals surface area contributed by atoms with Crippen molar-refractivity contribution >= 4 is 17.8 Å². The molecule has 3 aromatic rings. The molecule has 0 fully saturated rings. The predicted molar refractivity (Wildman–Crippen MR) is 148 cm³/mol. The van der Waals surface area contributed by atoms with Crippen molar-refractivity contribution in [1.82, 2.24) is 20.6 Å². The number of amides is 2. The second-order valence-electron chi connectivity index (χ2n) is 10.3. The Balaban J connectivity index is 1.99. The number of nitrogens with one attached hydrogen (secondary N) is 2. The molecular weight excluding hydrogens is 534 g/mol. The van der Waals surface area contributed by atoms with E-state index in [1.165, 1.54) is 19.4 Å². The summed E-state index contributed by atoms with van der Waals surface area (Å²) < 4.78 is 35.3. The van der Waals surface area contributed by atoms with Crippen LogP contribution in [0.3, 0.4) is 0 Å². The standard InChI is InChI=1S/C30H34F2N4O5/c1-15(2)10-24(36-28(39)21-14-33-18(5)34-30(21)41-6)29(40)35-23(13-25(37)38)20-11-19(12-22(31)27(20)32)26-16(3)8-7-9-17(26)4/h7-9,11-12,14-15,23-24H,10,13H2,1-6H3,(H,35,40)(H,36,39)(H,37,38)/t23-,24-/m0/s1. The summed E-state index contributed by atoms with van der Waals surface area (Å²) in [5.74, 6) is -4.90. The van der Waals surface area contributed by atoms with Gasteiger partial charge in [0.1, 0.15) is 17.4 Å². The third-order valence-corrected chi connectivity index (χ3v) is 6.54. The second-order valence-corrected chi connectivity index (χ2v) is 10.3. The highest BCUT2D eigenvalue weighted by molar-refractivity contribution is 5.99. The molecule has 2 aromatic carbocycles. The molecule has 9 nitrogen and oxygen atoms in total. The molecule has 0 saturated heterocycles. The van der Waals surface area contributed by atoms with Crippen molar-refractivity contribution < 1.29 is 33.0 Å². The van der Waals surface area contributed by atoms with Crippen molar-refractivity contribution in [3.63, 3.8) is 0 Å². The third kappa shape index (κ3) is 7.62. The zero-order valence-electron chi connectivity index (χ0n) is 23.8. The highest BCUT2D eigenvalue weighted by Crippen LogP contribution is 2.33. The van der Waals surface area contributed by atoms with Gasteiger partial charge in [-0.2, -0.15) is 4.98 Å². The van der Waals surface area contributed by atoms with Crippen LogP contribution in [0.4, 0.5) is 8.78 Å². The number of aromatic nitrogens is 2. The molecule has 0 saturated carbocycles. The molecule has 0 aliphatic heterocycles. The normalized spacial score (nSPS) is 12.5. The molecule has 1 heterocycles. The van der Waals surface area contributed by atoms with E-state index in [1.54, 1.807) is 6.92 Å². The van der Waals surface area contributed by atoms with E-state index in [2.05, 4.69) is 20.6 Å². The van der Waals surface area contributed by atoms with Gasteiger partial charge in [-0.15, -0.1) is 0 Å². The minimum absolute atomic E-state index is 0.00356. The average molecular weight is 569 g/mol. The first-order chi connectivity index (χ1) is 19.3. The topological polar surface area (TPSA) is 131 Å². The summed E-state index contributed by atoms with van der Waals surface area (Å²) in [7, 11) is 1.34. The lowest BCUT2D eigenvalue weighted by atomic mass is 9.92. The van der Waals surface area contributed by atoms with Gasteiger partial charge in [-0.25, -0.2) is 13.8 Å². The van der Waals surface area contributed by atoms with Crippen LogP contribution in [0.1, 0.15) is 65.6 Å². The summed E-state index contributed by atoms with van der Waals surface area (Å²) in [5.41, 5.74) is 2.33. The number of ether oxygens (including phenoxy) is 1. The SMILES string of the molecule is COc1nc(C)ncc1C(=O)N[C@@H](CC(C)C)C(=O)N[C@@H](CC(=O)O)c1cc(-c2c(C)cccc2C)cc(F)c1F. The van der Waals surface area contributed by atoms with Gasteiger partial charge in [0.05, 0.1) is 19.6 Å². The number of carboxylic acids is 1. The summed E-state index contributed by atoms with van der Waals surface area (Å²) in [4.78, 5) is 46.4. The van der Waals surface area contributed by atoms with Gasteiger partial charge in [0.2, 0.25) is 11.8 Å². The molecule has 0 bridgehead atoms. The number of hydrogen-bond acceptors (Lipinski definition) is 6. The Morgan fingerprint density at radius 1 is 1.05 bits per heavy atom. The summed E-state index contributed by atoms with van der Waals surface area (Å²) in [6.45, 7) is 8.94. The van der Waals surface area contributed by atoms with Crippen LogP contribution in [0.15, 0.2) is 36.5 Å². The first-order valence-electron chi connectivity index (χ1n) is 13.1. The Morgan fingerprint density at radius 2 is 1.71 bits per heavy atom. The average Bonchev–Trinajstić information content (AvgIpc) is 2.88. The Labute approximate surface area is 237 Å². The number of carbonyl (C=O) groups is 3. The molecule has 0 radical (unpaired) electrons. The fraction of sp³-hybridized carbons (Fsp3) is 0.367. The Hall–Kier alpha value is -4.41. The lowest BCUT2D eigenvalue weighted by Crippen LogP contribution is -2.48. The lowest BCUT2D eigenvalue weighted by molar-refractivity contribution is -0.137. The van der Waals surface area contributed by atoms with Crippen LogP contribution in [0.2, 0.25) is 0 Å². The van der Waals surface area contributed by atoms with E-state index >= 15 is 4.39 Å². The number of methoxy groups -OCH3 is 1. The number of aliphatic carboxylic acids is 1. The number of hydrogen-bond donors (Lipinski definition) is 3. The van der Waals surface area contributed by atoms with Crippen LogP contribution >= 0.6 is 0 Å². The Morgan fingerprint density at radius 3 is 2.29 bits per heavy atom. The smallest absolute Gasteiger partial charge is 0.305 e. The minimum atomic E-state index is -1.43. The zero-order chi connectivity index (χ0) is 30.4. The van der Waals surface area contributed by atoms with Gasteiger partial charge < -0.3 is 20.5 Å². The highest BCUT2D eigenvalue weighted by atomic mass is 19.2. The molecule has 0 unspecified atom stereocenters. The molecule has 3 N–H and O–H groups in total. The summed E-state index contributed by atoms with van der Waals surface area (Å²) in [6, 6.07) is 5.32. The molecule has 11 heteroatoms. The van der Waals surface area contributed by atoms with Crippen molar-refractivity contribution in [3.8, 4) is 17.0 Å². The highest BCUT2D eigenvalue weighted by Gasteiger charge is 2.30. The summed E-state index contributed by atoms with van der Waals surface area (Å²) in [6.07, 6.45) is 0.719. The molecule has 3 rings (SSSR count). The van der Waals surface area contributed by atoms with Gasteiger partial charge in [0.25, 0.3) is 5.91 Å². The van der Waals surface area contributed by atoms with Crippen LogP contribution in [-0.2, 0) is 9.59 Å². The van der Waals surface area contributed by atoms with Crippen molar-refractivity contribution in [2.24, 2.45) is 5.92 Å². The number of halogens is 2. The fourth-order valence-electron chi connectivity index (χ4n) is 4.66. The van der Waals surface area contributed by atoms with Crippen molar-refractivity contribution in [2.75, 3.05) is 7.11 Å². The molecule has 2 amide bonds. The van der Waals surface area contributed by atoms with Crippen molar-refractivity contribution in [1.29, 1.82) is 0 Å². The second kappa shape index (κ2) is 13.3. The zero-order valence-corrected chi connectivity index (χ0v) is 23.8. The monoisotopic (exact) mass is 568 g/mol. The maximum absolute atomic E-state index is 15.2. The molecule has 0 aliphatic carbocycles. The van der Waals surface area contributed by atoms with Crippen molar-refractivity contribution in [2.45, 2.75) is 59.5 Å². The molecule has 0 aliphatic rings. The van der Waals surface area contributed by atoms with Crippen LogP contribution in [0.25, 0.3) is 11.1 Å². The van der Waals surface area contributed by atoms with Crippen LogP contribution in [-0.4, -0.2) is 46.0 Å². The van der Waals surface area contributed by atoms with Gasteiger partial charge in [-0.1, -0.05) is 32.0 Å². The quantitative estimate of drug-likeness (QED) is 0.302. The van der Waals surface area contributed by atoms with E-state index in [-0.39, 0.29) is 29.3 Å². The summed E-state index contributed by atoms with van der Waals surface area (Å²) >= 11 is 0. The van der Waals surface area contributed by atoms with E-state index in [1.807, 2.05) is 45.9 Å². The van der Waals surface area contributed by atoms with Crippen LogP contribution in [0.5, 0.6) is 5.88 Å². The molecule has 0 spiro atoms. The van der Waals surface area contributed by atoms with E-state index in [0.29, 0.717) is 17.0 Å². The maximum Gasteiger partial charge on any atom is 0.305 e. The largest absolute Gasteiger partial charge is 0.481 e. The van der Waals surface area contributed by atoms with Gasteiger partial charge in [-0.3, -0.25) is 14.4 Å². The third-order valence-electron chi connectivity index (χ3n) is 6.54. The molecule has 1 aromatic heterocycles. The number of benzene rings is 2. The van der Waals surface area contributed by atoms with E-state index in [4.69, 9.17) is 4.74 Å². The van der Waals surface area contributed by atoms with E-state index in [0.717, 1.165) is 17.2 Å². The first kappa shape index (κ1) is 31.1. The van der Waals surface area contributed by atoms with Gasteiger partial charge in [0.15, 0.2) is 11.6 Å². The Bertz CT molecular complexity index is 1440. The number of nitrogens with zero attached hydrogens (tertiary/aromatic N) is 2. The number of aryl methyl sites for hydroxylation is 3.